The molecule has 0 aliphatic rings. The summed E-state index contributed by atoms with van der Waals surface area (Å²) < 4.78 is 2.70. The summed E-state index contributed by atoms with van der Waals surface area (Å²) in [6.45, 7) is 5.91. The molecule has 0 spiro atoms. The van der Waals surface area contributed by atoms with Crippen molar-refractivity contribution in [3.05, 3.63) is 33.7 Å². The highest BCUT2D eigenvalue weighted by molar-refractivity contribution is 9.10. The molecule has 84 valence electrons. The minimum atomic E-state index is 0.678. The van der Waals surface area contributed by atoms with Gasteiger partial charge in [0.25, 0.3) is 0 Å². The number of rotatable bonds is 1. The van der Waals surface area contributed by atoms with Crippen LogP contribution in [0.5, 0.6) is 0 Å². The van der Waals surface area contributed by atoms with Crippen molar-refractivity contribution in [2.24, 2.45) is 0 Å². The fourth-order valence-electron chi connectivity index (χ4n) is 1.57. The summed E-state index contributed by atoms with van der Waals surface area (Å²) in [5.74, 6) is 0.775. The molecule has 16 heavy (non-hydrogen) atoms. The summed E-state index contributed by atoms with van der Waals surface area (Å²) >= 11 is 3.51. The highest BCUT2D eigenvalue weighted by atomic mass is 79.9. The smallest absolute Gasteiger partial charge is 0.168 e. The predicted molar refractivity (Wildman–Crippen MR) is 67.7 cm³/mol. The number of pyridine rings is 1. The second-order valence-electron chi connectivity index (χ2n) is 3.82. The van der Waals surface area contributed by atoms with Gasteiger partial charge in [0.05, 0.1) is 22.1 Å². The molecule has 5 heteroatoms. The normalized spacial score (nSPS) is 10.8. The summed E-state index contributed by atoms with van der Waals surface area (Å²) in [7, 11) is 0. The van der Waals surface area contributed by atoms with Gasteiger partial charge in [0.15, 0.2) is 5.82 Å². The molecule has 0 bridgehead atoms. The molecule has 0 atom stereocenters. The van der Waals surface area contributed by atoms with Gasteiger partial charge in [-0.3, -0.25) is 0 Å². The maximum Gasteiger partial charge on any atom is 0.168 e. The number of nitrogens with two attached hydrogens (primary N) is 1. The van der Waals surface area contributed by atoms with E-state index in [2.05, 4.69) is 26.0 Å². The van der Waals surface area contributed by atoms with Crippen LogP contribution < -0.4 is 5.73 Å². The number of hydrogen-bond acceptors (Lipinski definition) is 3. The van der Waals surface area contributed by atoms with Crippen LogP contribution in [0.3, 0.4) is 0 Å². The third-order valence-corrected chi connectivity index (χ3v) is 3.44. The molecule has 2 aromatic heterocycles. The average molecular weight is 281 g/mol. The van der Waals surface area contributed by atoms with Crippen LogP contribution in [0.15, 0.2) is 16.7 Å². The number of anilines is 1. The molecule has 4 nitrogen and oxygen atoms in total. The van der Waals surface area contributed by atoms with Gasteiger partial charge >= 0.3 is 0 Å². The SMILES string of the molecule is Cc1cc(C)n(-c2ncc(N)c(C)c2Br)n1. The van der Waals surface area contributed by atoms with Gasteiger partial charge in [0, 0.05) is 5.69 Å². The topological polar surface area (TPSA) is 56.7 Å². The summed E-state index contributed by atoms with van der Waals surface area (Å²) in [6.07, 6.45) is 1.66. The van der Waals surface area contributed by atoms with Crippen molar-refractivity contribution in [3.8, 4) is 5.82 Å². The first kappa shape index (κ1) is 11.1. The van der Waals surface area contributed by atoms with Crippen molar-refractivity contribution in [1.29, 1.82) is 0 Å². The van der Waals surface area contributed by atoms with Crippen molar-refractivity contribution < 1.29 is 0 Å². The number of nitrogen functional groups attached to an aromatic ring is 1. The largest absolute Gasteiger partial charge is 0.397 e. The molecule has 0 saturated carbocycles. The maximum absolute atomic E-state index is 5.79. The molecule has 0 unspecified atom stereocenters. The number of nitrogens with zero attached hydrogens (tertiary/aromatic N) is 3. The lowest BCUT2D eigenvalue weighted by atomic mass is 10.2. The van der Waals surface area contributed by atoms with Crippen molar-refractivity contribution >= 4 is 21.6 Å². The molecule has 2 heterocycles. The standard InChI is InChI=1S/C11H13BrN4/c1-6-4-7(2)16(15-6)11-10(12)8(3)9(13)5-14-11/h4-5H,13H2,1-3H3. The van der Waals surface area contributed by atoms with Crippen LogP contribution >= 0.6 is 15.9 Å². The van der Waals surface area contributed by atoms with E-state index < -0.39 is 0 Å². The zero-order valence-electron chi connectivity index (χ0n) is 9.45. The first-order chi connectivity index (χ1) is 7.50. The van der Waals surface area contributed by atoms with E-state index in [9.17, 15) is 0 Å². The van der Waals surface area contributed by atoms with Crippen molar-refractivity contribution in [2.75, 3.05) is 5.73 Å². The van der Waals surface area contributed by atoms with Crippen LogP contribution in [0.2, 0.25) is 0 Å². The molecule has 0 amide bonds. The molecule has 0 radical (unpaired) electrons. The van der Waals surface area contributed by atoms with Gasteiger partial charge in [-0.2, -0.15) is 5.10 Å². The van der Waals surface area contributed by atoms with E-state index >= 15 is 0 Å². The lowest BCUT2D eigenvalue weighted by Gasteiger charge is -2.09. The Morgan fingerprint density at radius 1 is 1.31 bits per heavy atom. The minimum absolute atomic E-state index is 0.678. The van der Waals surface area contributed by atoms with Gasteiger partial charge in [-0.1, -0.05) is 0 Å². The molecule has 0 aromatic carbocycles. The lowest BCUT2D eigenvalue weighted by molar-refractivity contribution is 0.800. The Hall–Kier alpha value is -1.36. The van der Waals surface area contributed by atoms with Gasteiger partial charge in [0.2, 0.25) is 0 Å². The third-order valence-electron chi connectivity index (χ3n) is 2.49. The van der Waals surface area contributed by atoms with Gasteiger partial charge < -0.3 is 5.73 Å². The summed E-state index contributed by atoms with van der Waals surface area (Å²) in [5.41, 5.74) is 9.47. The molecule has 2 rings (SSSR count). The predicted octanol–water partition coefficient (Wildman–Crippen LogP) is 2.54. The van der Waals surface area contributed by atoms with E-state index in [1.807, 2.05) is 31.5 Å². The zero-order chi connectivity index (χ0) is 11.9. The number of hydrogen-bond donors (Lipinski definition) is 1. The van der Waals surface area contributed by atoms with E-state index in [1.54, 1.807) is 6.20 Å². The second kappa shape index (κ2) is 3.90. The molecule has 0 aliphatic heterocycles. The molecule has 2 aromatic rings. The Bertz CT molecular complexity index is 545. The Balaban J connectivity index is 2.65. The van der Waals surface area contributed by atoms with Gasteiger partial charge in [-0.25, -0.2) is 9.67 Å². The first-order valence-electron chi connectivity index (χ1n) is 4.95. The Morgan fingerprint density at radius 2 is 2.00 bits per heavy atom. The number of aryl methyl sites for hydroxylation is 2. The van der Waals surface area contributed by atoms with Crippen molar-refractivity contribution in [2.45, 2.75) is 20.8 Å². The average Bonchev–Trinajstić information content (AvgIpc) is 2.55. The highest BCUT2D eigenvalue weighted by Crippen LogP contribution is 2.27. The molecule has 0 fully saturated rings. The highest BCUT2D eigenvalue weighted by Gasteiger charge is 2.12. The van der Waals surface area contributed by atoms with Crippen LogP contribution in [-0.4, -0.2) is 14.8 Å². The number of aromatic nitrogens is 3. The third kappa shape index (κ3) is 1.71. The Kier molecular flexibility index (Phi) is 2.71. The molecule has 2 N–H and O–H groups in total. The maximum atomic E-state index is 5.79. The molecule has 0 aliphatic carbocycles. The van der Waals surface area contributed by atoms with Gasteiger partial charge in [0.1, 0.15) is 0 Å². The minimum Gasteiger partial charge on any atom is -0.397 e. The zero-order valence-corrected chi connectivity index (χ0v) is 11.0. The fourth-order valence-corrected chi connectivity index (χ4v) is 2.07. The summed E-state index contributed by atoms with van der Waals surface area (Å²) in [4.78, 5) is 4.31. The van der Waals surface area contributed by atoms with Crippen molar-refractivity contribution in [1.82, 2.24) is 14.8 Å². The molecular weight excluding hydrogens is 268 g/mol. The van der Waals surface area contributed by atoms with Crippen LogP contribution in [0, 0.1) is 20.8 Å². The lowest BCUT2D eigenvalue weighted by Crippen LogP contribution is -2.05. The Morgan fingerprint density at radius 3 is 2.56 bits per heavy atom. The fraction of sp³-hybridized carbons (Fsp3) is 0.273. The van der Waals surface area contributed by atoms with E-state index in [0.29, 0.717) is 5.69 Å². The van der Waals surface area contributed by atoms with Crippen LogP contribution in [0.4, 0.5) is 5.69 Å². The quantitative estimate of drug-likeness (QED) is 0.873. The van der Waals surface area contributed by atoms with Gasteiger partial charge in [-0.15, -0.1) is 0 Å². The van der Waals surface area contributed by atoms with E-state index in [-0.39, 0.29) is 0 Å². The first-order valence-corrected chi connectivity index (χ1v) is 5.74. The monoisotopic (exact) mass is 280 g/mol. The summed E-state index contributed by atoms with van der Waals surface area (Å²) in [5, 5.41) is 4.40. The van der Waals surface area contributed by atoms with Crippen LogP contribution in [0.25, 0.3) is 5.82 Å². The van der Waals surface area contributed by atoms with E-state index in [1.165, 1.54) is 0 Å². The molecular formula is C11H13BrN4. The number of halogens is 1. The van der Waals surface area contributed by atoms with E-state index in [4.69, 9.17) is 5.73 Å². The second-order valence-corrected chi connectivity index (χ2v) is 4.61. The van der Waals surface area contributed by atoms with Gasteiger partial charge in [-0.05, 0) is 48.3 Å². The van der Waals surface area contributed by atoms with Crippen LogP contribution in [0.1, 0.15) is 17.0 Å². The van der Waals surface area contributed by atoms with Crippen molar-refractivity contribution in [3.63, 3.8) is 0 Å². The molecule has 0 saturated heterocycles. The van der Waals surface area contributed by atoms with Crippen LogP contribution in [-0.2, 0) is 0 Å². The van der Waals surface area contributed by atoms with E-state index in [0.717, 1.165) is 27.2 Å². The Labute approximate surface area is 103 Å². The summed E-state index contributed by atoms with van der Waals surface area (Å²) in [6, 6.07) is 2.01.